The van der Waals surface area contributed by atoms with Gasteiger partial charge in [0.25, 0.3) is 5.84 Å². The summed E-state index contributed by atoms with van der Waals surface area (Å²) in [5.41, 5.74) is 2.51. The predicted octanol–water partition coefficient (Wildman–Crippen LogP) is 1.59. The van der Waals surface area contributed by atoms with Crippen LogP contribution < -0.4 is 0 Å². The third kappa shape index (κ3) is 4.08. The molecule has 1 saturated heterocycles. The molecule has 0 bridgehead atoms. The van der Waals surface area contributed by atoms with Gasteiger partial charge >= 0.3 is 0 Å². The molecule has 0 unspecified atom stereocenters. The SMILES string of the molecule is CN(C)C(/C=C(\c1ccccc1)N1CCOCC1)=[N+](C)C. The molecule has 2 rings (SSSR count). The molecule has 1 aromatic carbocycles. The summed E-state index contributed by atoms with van der Waals surface area (Å²) in [5, 5.41) is 0. The molecule has 0 amide bonds. The van der Waals surface area contributed by atoms with Gasteiger partial charge in [-0.2, -0.15) is 0 Å². The zero-order valence-corrected chi connectivity index (χ0v) is 13.5. The summed E-state index contributed by atoms with van der Waals surface area (Å²) in [5.74, 6) is 1.18. The summed E-state index contributed by atoms with van der Waals surface area (Å²) in [6, 6.07) is 10.6. The molecule has 4 heteroatoms. The monoisotopic (exact) mass is 288 g/mol. The van der Waals surface area contributed by atoms with Gasteiger partial charge in [-0.3, -0.25) is 9.48 Å². The highest BCUT2D eigenvalue weighted by molar-refractivity contribution is 5.95. The van der Waals surface area contributed by atoms with Crippen LogP contribution in [0.15, 0.2) is 36.4 Å². The van der Waals surface area contributed by atoms with E-state index in [0.29, 0.717) is 0 Å². The second kappa shape index (κ2) is 7.27. The Morgan fingerprint density at radius 1 is 1.14 bits per heavy atom. The average Bonchev–Trinajstić information content (AvgIpc) is 2.49. The minimum absolute atomic E-state index is 0.795. The fraction of sp³-hybridized carbons (Fsp3) is 0.471. The van der Waals surface area contributed by atoms with Gasteiger partial charge in [0.1, 0.15) is 0 Å². The van der Waals surface area contributed by atoms with Crippen molar-refractivity contribution in [3.05, 3.63) is 42.0 Å². The fourth-order valence-electron chi connectivity index (χ4n) is 2.55. The number of hydrogen-bond donors (Lipinski definition) is 0. The lowest BCUT2D eigenvalue weighted by Crippen LogP contribution is -2.36. The van der Waals surface area contributed by atoms with E-state index in [-0.39, 0.29) is 0 Å². The summed E-state index contributed by atoms with van der Waals surface area (Å²) < 4.78 is 7.63. The van der Waals surface area contributed by atoms with E-state index in [1.807, 2.05) is 0 Å². The second-order valence-electron chi connectivity index (χ2n) is 5.64. The van der Waals surface area contributed by atoms with E-state index in [1.54, 1.807) is 0 Å². The van der Waals surface area contributed by atoms with Crippen LogP contribution in [0.25, 0.3) is 5.70 Å². The largest absolute Gasteiger partial charge is 0.378 e. The van der Waals surface area contributed by atoms with Crippen LogP contribution >= 0.6 is 0 Å². The van der Waals surface area contributed by atoms with Gasteiger partial charge in [-0.05, 0) is 5.56 Å². The van der Waals surface area contributed by atoms with Gasteiger partial charge in [0.15, 0.2) is 0 Å². The quantitative estimate of drug-likeness (QED) is 0.478. The van der Waals surface area contributed by atoms with E-state index >= 15 is 0 Å². The molecule has 4 nitrogen and oxygen atoms in total. The third-order valence-corrected chi connectivity index (χ3v) is 3.60. The van der Waals surface area contributed by atoms with Crippen LogP contribution in [0.2, 0.25) is 0 Å². The number of nitrogens with zero attached hydrogens (tertiary/aromatic N) is 3. The topological polar surface area (TPSA) is 18.7 Å². The van der Waals surface area contributed by atoms with Crippen LogP contribution in [0.4, 0.5) is 0 Å². The first-order valence-electron chi connectivity index (χ1n) is 7.41. The maximum absolute atomic E-state index is 5.49. The van der Waals surface area contributed by atoms with E-state index in [4.69, 9.17) is 4.74 Å². The Labute approximate surface area is 127 Å². The Kier molecular flexibility index (Phi) is 5.39. The van der Waals surface area contributed by atoms with Crippen LogP contribution in [0.3, 0.4) is 0 Å². The summed E-state index contributed by atoms with van der Waals surface area (Å²) in [7, 11) is 8.31. The standard InChI is InChI=1S/C17H26N3O/c1-18(2)17(19(3)4)14-16(15-8-6-5-7-9-15)20-10-12-21-13-11-20/h5-9,14H,10-13H2,1-4H3/q+1. The van der Waals surface area contributed by atoms with Gasteiger partial charge in [0.05, 0.1) is 53.2 Å². The molecular weight excluding hydrogens is 262 g/mol. The van der Waals surface area contributed by atoms with E-state index in [9.17, 15) is 0 Å². The summed E-state index contributed by atoms with van der Waals surface area (Å²) in [6.45, 7) is 3.47. The third-order valence-electron chi connectivity index (χ3n) is 3.60. The normalized spacial score (nSPS) is 15.8. The molecule has 21 heavy (non-hydrogen) atoms. The van der Waals surface area contributed by atoms with E-state index in [0.717, 1.165) is 26.3 Å². The van der Waals surface area contributed by atoms with Gasteiger partial charge in [0, 0.05) is 13.1 Å². The van der Waals surface area contributed by atoms with Crippen LogP contribution in [-0.4, -0.2) is 74.7 Å². The average molecular weight is 288 g/mol. The molecule has 1 aliphatic heterocycles. The molecule has 1 heterocycles. The van der Waals surface area contributed by atoms with Crippen molar-refractivity contribution >= 4 is 11.5 Å². The van der Waals surface area contributed by atoms with Crippen molar-refractivity contribution in [3.8, 4) is 0 Å². The second-order valence-corrected chi connectivity index (χ2v) is 5.64. The molecule has 0 N–H and O–H groups in total. The van der Waals surface area contributed by atoms with Crippen molar-refractivity contribution in [1.82, 2.24) is 9.80 Å². The van der Waals surface area contributed by atoms with Crippen molar-refractivity contribution in [2.24, 2.45) is 0 Å². The first-order chi connectivity index (χ1) is 10.1. The number of amidine groups is 1. The lowest BCUT2D eigenvalue weighted by Gasteiger charge is -2.31. The van der Waals surface area contributed by atoms with E-state index < -0.39 is 0 Å². The molecule has 0 radical (unpaired) electrons. The lowest BCUT2D eigenvalue weighted by molar-refractivity contribution is -0.468. The van der Waals surface area contributed by atoms with Crippen LogP contribution in [0.5, 0.6) is 0 Å². The van der Waals surface area contributed by atoms with Crippen molar-refractivity contribution in [2.45, 2.75) is 0 Å². The Balaban J connectivity index is 2.42. The van der Waals surface area contributed by atoms with Gasteiger partial charge in [0.2, 0.25) is 0 Å². The summed E-state index contributed by atoms with van der Waals surface area (Å²) in [4.78, 5) is 4.55. The number of morpholine rings is 1. The molecule has 1 fully saturated rings. The number of benzene rings is 1. The molecule has 114 valence electrons. The first-order valence-corrected chi connectivity index (χ1v) is 7.41. The number of likely N-dealkylation sites (N-methyl/N-ethyl adjacent to an activating group) is 1. The molecule has 1 aromatic rings. The van der Waals surface area contributed by atoms with Crippen molar-refractivity contribution < 1.29 is 9.31 Å². The minimum Gasteiger partial charge on any atom is -0.378 e. The Morgan fingerprint density at radius 2 is 1.76 bits per heavy atom. The predicted molar refractivity (Wildman–Crippen MR) is 87.6 cm³/mol. The fourth-order valence-corrected chi connectivity index (χ4v) is 2.55. The van der Waals surface area contributed by atoms with Crippen LogP contribution in [0, 0.1) is 0 Å². The highest BCUT2D eigenvalue weighted by Crippen LogP contribution is 2.20. The van der Waals surface area contributed by atoms with Crippen molar-refractivity contribution in [3.63, 3.8) is 0 Å². The van der Waals surface area contributed by atoms with Crippen LogP contribution in [-0.2, 0) is 4.74 Å². The molecule has 1 aliphatic rings. The zero-order chi connectivity index (χ0) is 15.2. The summed E-state index contributed by atoms with van der Waals surface area (Å²) in [6.07, 6.45) is 2.26. The molecule has 0 spiro atoms. The van der Waals surface area contributed by atoms with Crippen LogP contribution in [0.1, 0.15) is 5.56 Å². The smallest absolute Gasteiger partial charge is 0.273 e. The highest BCUT2D eigenvalue weighted by atomic mass is 16.5. The summed E-state index contributed by atoms with van der Waals surface area (Å²) >= 11 is 0. The minimum atomic E-state index is 0.795. The maximum Gasteiger partial charge on any atom is 0.273 e. The highest BCUT2D eigenvalue weighted by Gasteiger charge is 2.18. The molecule has 0 saturated carbocycles. The zero-order valence-electron chi connectivity index (χ0n) is 13.5. The molecular formula is C17H26N3O+. The van der Waals surface area contributed by atoms with Crippen molar-refractivity contribution in [2.75, 3.05) is 54.5 Å². The number of ether oxygens (including phenoxy) is 1. The Bertz CT molecular complexity index is 510. The van der Waals surface area contributed by atoms with E-state index in [2.05, 4.69) is 79.0 Å². The molecule has 0 atom stereocenters. The van der Waals surface area contributed by atoms with E-state index in [1.165, 1.54) is 17.1 Å². The van der Waals surface area contributed by atoms with Gasteiger partial charge in [-0.25, -0.2) is 0 Å². The number of rotatable bonds is 3. The number of hydrogen-bond acceptors (Lipinski definition) is 2. The molecule has 0 aromatic heterocycles. The Morgan fingerprint density at radius 3 is 2.29 bits per heavy atom. The van der Waals surface area contributed by atoms with Gasteiger partial charge < -0.3 is 9.64 Å². The van der Waals surface area contributed by atoms with Gasteiger partial charge in [-0.15, -0.1) is 0 Å². The van der Waals surface area contributed by atoms with Crippen molar-refractivity contribution in [1.29, 1.82) is 0 Å². The first kappa shape index (κ1) is 15.6. The maximum atomic E-state index is 5.49. The lowest BCUT2D eigenvalue weighted by atomic mass is 10.1. The Hall–Kier alpha value is -1.81. The van der Waals surface area contributed by atoms with Gasteiger partial charge in [-0.1, -0.05) is 30.3 Å². The molecule has 0 aliphatic carbocycles.